The van der Waals surface area contributed by atoms with E-state index in [2.05, 4.69) is 30.3 Å². The fraction of sp³-hybridized carbons (Fsp3) is 0.297. The van der Waals surface area contributed by atoms with Crippen LogP contribution >= 0.6 is 0 Å². The second kappa shape index (κ2) is 12.1. The number of rotatable bonds is 9. The van der Waals surface area contributed by atoms with E-state index in [4.69, 9.17) is 9.47 Å². The van der Waals surface area contributed by atoms with E-state index in [9.17, 15) is 24.8 Å². The standard InChI is InChI=1S/C37H38N4O7Si/c1-23-34(49(3,4)28-15-13-27(47-2)14-16-28)33(18-19-42)48-37(23)30-21-26(41(45)46)12-17-32(30)39(36(37)44)22-24-8-7-9-25(20-24)40-35(43)29-10-5-6-11-31(29)38-40/h5-17,20-21,23,33-34,38,42H,18-19,22H2,1-4H3/t23-,33+,34-,37+/m1/s1. The number of nitrogens with zero attached hydrogens (tertiary/aromatic N) is 3. The molecule has 3 heterocycles. The molecule has 5 aromatic rings. The molecule has 49 heavy (non-hydrogen) atoms. The van der Waals surface area contributed by atoms with Gasteiger partial charge in [-0.1, -0.05) is 61.6 Å². The van der Waals surface area contributed by atoms with E-state index in [0.29, 0.717) is 34.3 Å². The molecule has 1 aromatic heterocycles. The van der Waals surface area contributed by atoms with Crippen LogP contribution in [0.25, 0.3) is 16.6 Å². The van der Waals surface area contributed by atoms with E-state index in [1.54, 1.807) is 24.1 Å². The lowest BCUT2D eigenvalue weighted by molar-refractivity contribution is -0.385. The smallest absolute Gasteiger partial charge is 0.279 e. The number of ether oxygens (including phenoxy) is 2. The number of H-pyrrole nitrogens is 1. The van der Waals surface area contributed by atoms with E-state index in [-0.39, 0.29) is 41.8 Å². The zero-order valence-electron chi connectivity index (χ0n) is 27.8. The van der Waals surface area contributed by atoms with Crippen molar-refractivity contribution in [1.82, 2.24) is 9.78 Å². The first-order chi connectivity index (χ1) is 23.5. The van der Waals surface area contributed by atoms with Crippen LogP contribution in [-0.4, -0.2) is 53.6 Å². The summed E-state index contributed by atoms with van der Waals surface area (Å²) in [5, 5.41) is 27.1. The summed E-state index contributed by atoms with van der Waals surface area (Å²) in [6.07, 6.45) is -0.140. The van der Waals surface area contributed by atoms with Gasteiger partial charge in [0.15, 0.2) is 5.60 Å². The molecule has 2 N–H and O–H groups in total. The molecule has 1 fully saturated rings. The molecule has 0 radical (unpaired) electrons. The number of carbonyl (C=O) groups is 1. The van der Waals surface area contributed by atoms with Crippen LogP contribution in [0.1, 0.15) is 24.5 Å². The monoisotopic (exact) mass is 678 g/mol. The molecule has 1 spiro atoms. The number of aliphatic hydroxyl groups excluding tert-OH is 1. The van der Waals surface area contributed by atoms with Crippen LogP contribution in [0.15, 0.2) is 95.8 Å². The number of amides is 1. The van der Waals surface area contributed by atoms with Crippen LogP contribution in [0.5, 0.6) is 5.75 Å². The Morgan fingerprint density at radius 2 is 1.78 bits per heavy atom. The fourth-order valence-corrected chi connectivity index (χ4v) is 12.2. The number of aliphatic hydroxyl groups is 1. The first-order valence-corrected chi connectivity index (χ1v) is 19.4. The quantitative estimate of drug-likeness (QED) is 0.121. The van der Waals surface area contributed by atoms with Crippen molar-refractivity contribution in [1.29, 1.82) is 0 Å². The number of anilines is 1. The highest BCUT2D eigenvalue weighted by Gasteiger charge is 2.66. The van der Waals surface area contributed by atoms with Gasteiger partial charge in [0.05, 0.1) is 55.0 Å². The molecule has 7 rings (SSSR count). The highest BCUT2D eigenvalue weighted by Crippen LogP contribution is 2.60. The van der Waals surface area contributed by atoms with E-state index < -0.39 is 24.7 Å². The minimum atomic E-state index is -2.42. The normalized spacial score (nSPS) is 21.9. The van der Waals surface area contributed by atoms with Crippen LogP contribution in [0.4, 0.5) is 11.4 Å². The SMILES string of the molecule is COc1ccc([Si](C)(C)[C@H]2[C@H](CCO)O[C@@]3(C(=O)N(Cc4cccc(-n5[nH]c6ccccc6c5=O)c4)c4ccc([N+](=O)[O-])cc43)[C@@H]2C)cc1. The van der Waals surface area contributed by atoms with Crippen molar-refractivity contribution in [3.8, 4) is 11.4 Å². The molecule has 0 aliphatic carbocycles. The average Bonchev–Trinajstić information content (AvgIpc) is 3.68. The summed E-state index contributed by atoms with van der Waals surface area (Å²) in [6, 6.07) is 27.2. The van der Waals surface area contributed by atoms with Gasteiger partial charge >= 0.3 is 0 Å². The minimum absolute atomic E-state index is 0.110. The Morgan fingerprint density at radius 3 is 2.47 bits per heavy atom. The van der Waals surface area contributed by atoms with Gasteiger partial charge in [-0.25, -0.2) is 4.68 Å². The number of aromatic nitrogens is 2. The van der Waals surface area contributed by atoms with Crippen LogP contribution in [0.2, 0.25) is 18.6 Å². The predicted octanol–water partition coefficient (Wildman–Crippen LogP) is 5.38. The Hall–Kier alpha value is -5.04. The number of methoxy groups -OCH3 is 1. The first-order valence-electron chi connectivity index (χ1n) is 16.3. The van der Waals surface area contributed by atoms with Gasteiger partial charge in [0.2, 0.25) is 0 Å². The second-order valence-electron chi connectivity index (χ2n) is 13.5. The van der Waals surface area contributed by atoms with E-state index in [1.807, 2.05) is 61.5 Å². The summed E-state index contributed by atoms with van der Waals surface area (Å²) in [4.78, 5) is 41.4. The van der Waals surface area contributed by atoms with Crippen LogP contribution in [-0.2, 0) is 21.7 Å². The lowest BCUT2D eigenvalue weighted by atomic mass is 9.82. The number of benzene rings is 4. The summed E-state index contributed by atoms with van der Waals surface area (Å²) in [6.45, 7) is 6.51. The van der Waals surface area contributed by atoms with E-state index in [1.165, 1.54) is 16.8 Å². The molecule has 1 amide bonds. The summed E-state index contributed by atoms with van der Waals surface area (Å²) >= 11 is 0. The zero-order valence-corrected chi connectivity index (χ0v) is 28.8. The van der Waals surface area contributed by atoms with Crippen molar-refractivity contribution in [2.45, 2.75) is 50.2 Å². The first kappa shape index (κ1) is 32.5. The van der Waals surface area contributed by atoms with Gasteiger partial charge in [-0.3, -0.25) is 24.8 Å². The lowest BCUT2D eigenvalue weighted by Gasteiger charge is -2.37. The molecule has 1 saturated heterocycles. The maximum Gasteiger partial charge on any atom is 0.279 e. The predicted molar refractivity (Wildman–Crippen MR) is 189 cm³/mol. The number of carbonyl (C=O) groups excluding carboxylic acids is 1. The van der Waals surface area contributed by atoms with Crippen LogP contribution in [0, 0.1) is 16.0 Å². The van der Waals surface area contributed by atoms with Crippen LogP contribution in [0.3, 0.4) is 0 Å². The molecule has 2 aliphatic heterocycles. The van der Waals surface area contributed by atoms with Gasteiger partial charge in [0, 0.05) is 30.2 Å². The van der Waals surface area contributed by atoms with Crippen molar-refractivity contribution in [2.24, 2.45) is 5.92 Å². The van der Waals surface area contributed by atoms with Gasteiger partial charge in [0.25, 0.3) is 17.2 Å². The lowest BCUT2D eigenvalue weighted by Crippen LogP contribution is -2.51. The molecule has 2 aliphatic rings. The van der Waals surface area contributed by atoms with Gasteiger partial charge < -0.3 is 19.5 Å². The van der Waals surface area contributed by atoms with Crippen LogP contribution < -0.4 is 20.4 Å². The molecule has 4 aromatic carbocycles. The summed E-state index contributed by atoms with van der Waals surface area (Å²) in [5.74, 6) is 0.0740. The van der Waals surface area contributed by atoms with Gasteiger partial charge in [-0.05, 0) is 60.0 Å². The number of non-ortho nitro benzene ring substituents is 1. The molecule has 12 heteroatoms. The molecular weight excluding hydrogens is 641 g/mol. The van der Waals surface area contributed by atoms with Gasteiger partial charge in [-0.15, -0.1) is 0 Å². The third-order valence-electron chi connectivity index (χ3n) is 10.5. The molecule has 0 bridgehead atoms. The topological polar surface area (TPSA) is 140 Å². The summed E-state index contributed by atoms with van der Waals surface area (Å²) < 4.78 is 13.8. The highest BCUT2D eigenvalue weighted by molar-refractivity contribution is 6.91. The summed E-state index contributed by atoms with van der Waals surface area (Å²) in [5.41, 5.74) is 1.19. The molecular formula is C37H38N4O7Si. The molecule has 11 nitrogen and oxygen atoms in total. The average molecular weight is 679 g/mol. The zero-order chi connectivity index (χ0) is 34.7. The number of hydrogen-bond donors (Lipinski definition) is 2. The number of nitrogens with one attached hydrogen (secondary N) is 1. The number of nitro benzene ring substituents is 1. The number of fused-ring (bicyclic) bond motifs is 3. The Balaban J connectivity index is 1.31. The van der Waals surface area contributed by atoms with Crippen molar-refractivity contribution >= 4 is 41.4 Å². The number of para-hydroxylation sites is 1. The maximum absolute atomic E-state index is 15.0. The van der Waals surface area contributed by atoms with Crippen molar-refractivity contribution in [2.75, 3.05) is 18.6 Å². The third-order valence-corrected chi connectivity index (χ3v) is 14.9. The number of nitro groups is 1. The number of aromatic amines is 1. The van der Waals surface area contributed by atoms with E-state index in [0.717, 1.165) is 16.5 Å². The van der Waals surface area contributed by atoms with Crippen molar-refractivity contribution in [3.63, 3.8) is 0 Å². The Labute approximate surface area is 283 Å². The van der Waals surface area contributed by atoms with Crippen molar-refractivity contribution in [3.05, 3.63) is 123 Å². The van der Waals surface area contributed by atoms with Gasteiger partial charge in [-0.2, -0.15) is 0 Å². The number of hydrogen-bond acceptors (Lipinski definition) is 7. The summed E-state index contributed by atoms with van der Waals surface area (Å²) in [7, 11) is -0.795. The van der Waals surface area contributed by atoms with E-state index >= 15 is 0 Å². The van der Waals surface area contributed by atoms with Gasteiger partial charge in [0.1, 0.15) is 5.75 Å². The largest absolute Gasteiger partial charge is 0.497 e. The Morgan fingerprint density at radius 1 is 1.02 bits per heavy atom. The Kier molecular flexibility index (Phi) is 8.05. The molecule has 252 valence electrons. The highest BCUT2D eigenvalue weighted by atomic mass is 28.3. The van der Waals surface area contributed by atoms with Crippen molar-refractivity contribution < 1.29 is 24.3 Å². The maximum atomic E-state index is 15.0. The fourth-order valence-electron chi connectivity index (χ4n) is 8.19. The second-order valence-corrected chi connectivity index (χ2v) is 18.2. The molecule has 0 saturated carbocycles. The third kappa shape index (κ3) is 5.09. The molecule has 0 unspecified atom stereocenters. The Bertz CT molecular complexity index is 2140. The molecule has 4 atom stereocenters. The minimum Gasteiger partial charge on any atom is -0.497 e.